The summed E-state index contributed by atoms with van der Waals surface area (Å²) in [4.78, 5) is 11.3. The molecule has 21 heavy (non-hydrogen) atoms. The van der Waals surface area contributed by atoms with Crippen LogP contribution in [0, 0.1) is 0 Å². The van der Waals surface area contributed by atoms with Gasteiger partial charge in [-0.15, -0.1) is 0 Å². The SMILES string of the molecule is CCCCCCCCCCCC(=O)OC(C)S(=O)(=O)O.[Na+]. The molecule has 0 rings (SSSR count). The first-order valence-corrected chi connectivity index (χ1v) is 9.04. The Labute approximate surface area is 151 Å². The number of hydrogen-bond acceptors (Lipinski definition) is 4. The molecule has 0 aliphatic heterocycles. The van der Waals surface area contributed by atoms with Gasteiger partial charge in [0, 0.05) is 6.42 Å². The van der Waals surface area contributed by atoms with Gasteiger partial charge in [-0.1, -0.05) is 58.3 Å². The van der Waals surface area contributed by atoms with Crippen molar-refractivity contribution in [2.45, 2.75) is 83.5 Å². The van der Waals surface area contributed by atoms with Crippen LogP contribution in [0.25, 0.3) is 0 Å². The van der Waals surface area contributed by atoms with Gasteiger partial charge >= 0.3 is 45.6 Å². The molecule has 0 saturated heterocycles. The molecule has 1 unspecified atom stereocenters. The Balaban J connectivity index is 0. The van der Waals surface area contributed by atoms with Crippen LogP contribution < -0.4 is 29.6 Å². The summed E-state index contributed by atoms with van der Waals surface area (Å²) in [5.41, 5.74) is -1.48. The first-order chi connectivity index (χ1) is 9.38. The van der Waals surface area contributed by atoms with E-state index in [-0.39, 0.29) is 36.0 Å². The van der Waals surface area contributed by atoms with Crippen molar-refractivity contribution < 1.29 is 52.1 Å². The Morgan fingerprint density at radius 2 is 1.43 bits per heavy atom. The van der Waals surface area contributed by atoms with Crippen molar-refractivity contribution in [3.8, 4) is 0 Å². The van der Waals surface area contributed by atoms with Crippen LogP contribution in [0.2, 0.25) is 0 Å². The van der Waals surface area contributed by atoms with Crippen molar-refractivity contribution in [2.24, 2.45) is 0 Å². The van der Waals surface area contributed by atoms with E-state index < -0.39 is 21.5 Å². The van der Waals surface area contributed by atoms with Crippen LogP contribution in [0.1, 0.15) is 78.1 Å². The number of carbonyl (C=O) groups excluding carboxylic acids is 1. The summed E-state index contributed by atoms with van der Waals surface area (Å²) in [7, 11) is -4.29. The Bertz CT molecular complexity index is 356. The van der Waals surface area contributed by atoms with Gasteiger partial charge in [-0.3, -0.25) is 9.35 Å². The average Bonchev–Trinajstić information content (AvgIpc) is 2.35. The molecule has 1 atom stereocenters. The molecule has 0 radical (unpaired) electrons. The van der Waals surface area contributed by atoms with Crippen LogP contribution in [0.5, 0.6) is 0 Å². The molecule has 7 heteroatoms. The third-order valence-electron chi connectivity index (χ3n) is 3.20. The van der Waals surface area contributed by atoms with Crippen molar-refractivity contribution >= 4 is 16.1 Å². The summed E-state index contributed by atoms with van der Waals surface area (Å²) >= 11 is 0. The summed E-state index contributed by atoms with van der Waals surface area (Å²) < 4.78 is 34.6. The second-order valence-corrected chi connectivity index (χ2v) is 6.84. The van der Waals surface area contributed by atoms with Crippen LogP contribution in [0.15, 0.2) is 0 Å². The van der Waals surface area contributed by atoms with Crippen molar-refractivity contribution in [1.82, 2.24) is 0 Å². The smallest absolute Gasteiger partial charge is 0.444 e. The molecule has 0 bridgehead atoms. The molecule has 0 amide bonds. The topological polar surface area (TPSA) is 80.7 Å². The minimum absolute atomic E-state index is 0. The zero-order valence-corrected chi connectivity index (χ0v) is 16.5. The Hall–Kier alpha value is 0.380. The maximum atomic E-state index is 11.3. The summed E-state index contributed by atoms with van der Waals surface area (Å²) in [6.45, 7) is 3.34. The molecule has 5 nitrogen and oxygen atoms in total. The largest absolute Gasteiger partial charge is 1.00 e. The maximum Gasteiger partial charge on any atom is 1.00 e. The fraction of sp³-hybridized carbons (Fsp3) is 0.929. The molecule has 0 spiro atoms. The normalized spacial score (nSPS) is 12.5. The van der Waals surface area contributed by atoms with Gasteiger partial charge in [0.15, 0.2) is 0 Å². The van der Waals surface area contributed by atoms with E-state index in [1.807, 2.05) is 0 Å². The predicted molar refractivity (Wildman–Crippen MR) is 78.9 cm³/mol. The van der Waals surface area contributed by atoms with Crippen molar-refractivity contribution in [2.75, 3.05) is 0 Å². The van der Waals surface area contributed by atoms with Gasteiger partial charge in [0.25, 0.3) is 0 Å². The van der Waals surface area contributed by atoms with E-state index in [9.17, 15) is 13.2 Å². The fourth-order valence-electron chi connectivity index (χ4n) is 1.88. The number of carbonyl (C=O) groups is 1. The summed E-state index contributed by atoms with van der Waals surface area (Å²) in [5, 5.41) is 0. The standard InChI is InChI=1S/C14H28O5S.Na/c1-3-4-5-6-7-8-9-10-11-12-14(15)19-13(2)20(16,17)18;/h13H,3-12H2,1-2H3,(H,16,17,18);/q;+1. The van der Waals surface area contributed by atoms with E-state index in [0.717, 1.165) is 19.8 Å². The molecule has 120 valence electrons. The van der Waals surface area contributed by atoms with Gasteiger partial charge in [0.1, 0.15) is 0 Å². The molecule has 0 aliphatic carbocycles. The van der Waals surface area contributed by atoms with Gasteiger partial charge in [0.05, 0.1) is 0 Å². The predicted octanol–water partition coefficient (Wildman–Crippen LogP) is 0.688. The minimum atomic E-state index is -4.29. The monoisotopic (exact) mass is 331 g/mol. The number of unbranched alkanes of at least 4 members (excludes halogenated alkanes) is 8. The number of rotatable bonds is 12. The molecule has 0 aromatic rings. The Morgan fingerprint density at radius 3 is 1.86 bits per heavy atom. The van der Waals surface area contributed by atoms with Crippen LogP contribution in [0.4, 0.5) is 0 Å². The Morgan fingerprint density at radius 1 is 1.00 bits per heavy atom. The van der Waals surface area contributed by atoms with E-state index in [4.69, 9.17) is 4.55 Å². The van der Waals surface area contributed by atoms with E-state index in [1.54, 1.807) is 0 Å². The summed E-state index contributed by atoms with van der Waals surface area (Å²) in [6, 6.07) is 0. The van der Waals surface area contributed by atoms with Gasteiger partial charge in [-0.2, -0.15) is 8.42 Å². The molecule has 0 saturated carbocycles. The van der Waals surface area contributed by atoms with Gasteiger partial charge in [-0.25, -0.2) is 0 Å². The van der Waals surface area contributed by atoms with Crippen LogP contribution in [-0.2, 0) is 19.6 Å². The van der Waals surface area contributed by atoms with Crippen LogP contribution in [0.3, 0.4) is 0 Å². The number of ether oxygens (including phenoxy) is 1. The zero-order valence-electron chi connectivity index (χ0n) is 13.6. The third-order valence-corrected chi connectivity index (χ3v) is 4.14. The molecular formula is C14H28NaO5S+. The summed E-state index contributed by atoms with van der Waals surface area (Å²) in [5.74, 6) is -0.571. The first kappa shape index (κ1) is 23.6. The van der Waals surface area contributed by atoms with Gasteiger partial charge in [0.2, 0.25) is 5.44 Å². The van der Waals surface area contributed by atoms with E-state index in [2.05, 4.69) is 11.7 Å². The van der Waals surface area contributed by atoms with Crippen molar-refractivity contribution in [3.63, 3.8) is 0 Å². The molecule has 0 aromatic heterocycles. The molecule has 0 aliphatic rings. The average molecular weight is 331 g/mol. The molecule has 1 N–H and O–H groups in total. The second-order valence-electron chi connectivity index (χ2n) is 5.15. The number of esters is 1. The third kappa shape index (κ3) is 15.1. The van der Waals surface area contributed by atoms with Crippen molar-refractivity contribution in [1.29, 1.82) is 0 Å². The van der Waals surface area contributed by atoms with E-state index in [1.165, 1.54) is 38.5 Å². The zero-order chi connectivity index (χ0) is 15.4. The van der Waals surface area contributed by atoms with Crippen molar-refractivity contribution in [3.05, 3.63) is 0 Å². The van der Waals surface area contributed by atoms with E-state index in [0.29, 0.717) is 6.42 Å². The maximum absolute atomic E-state index is 11.3. The molecule has 0 fully saturated rings. The fourth-order valence-corrected chi connectivity index (χ4v) is 2.11. The number of hydrogen-bond donors (Lipinski definition) is 1. The van der Waals surface area contributed by atoms with Crippen LogP contribution in [-0.4, -0.2) is 24.4 Å². The first-order valence-electron chi connectivity index (χ1n) is 7.53. The quantitative estimate of drug-likeness (QED) is 0.246. The van der Waals surface area contributed by atoms with E-state index >= 15 is 0 Å². The Kier molecular flexibility index (Phi) is 15.8. The molecule has 0 aromatic carbocycles. The van der Waals surface area contributed by atoms with Gasteiger partial charge in [-0.05, 0) is 13.3 Å². The molecule has 0 heterocycles. The van der Waals surface area contributed by atoms with Gasteiger partial charge < -0.3 is 4.74 Å². The van der Waals surface area contributed by atoms with Crippen LogP contribution >= 0.6 is 0 Å². The molecular weight excluding hydrogens is 303 g/mol. The second kappa shape index (κ2) is 14.0. The minimum Gasteiger partial charge on any atom is -0.444 e. The summed E-state index contributed by atoms with van der Waals surface area (Å²) in [6.07, 6.45) is 10.5.